The molecule has 1 heterocycles. The number of benzene rings is 1. The SMILES string of the molecule is CCCNC(c1c(F)ccc(C)c1F)C1SCCSC1C. The Morgan fingerprint density at radius 1 is 1.29 bits per heavy atom. The summed E-state index contributed by atoms with van der Waals surface area (Å²) in [6.07, 6.45) is 0.949. The number of hydrogen-bond donors (Lipinski definition) is 1. The molecule has 5 heteroatoms. The van der Waals surface area contributed by atoms with Gasteiger partial charge >= 0.3 is 0 Å². The molecule has 21 heavy (non-hydrogen) atoms. The fourth-order valence-electron chi connectivity index (χ4n) is 2.66. The van der Waals surface area contributed by atoms with Crippen LogP contribution < -0.4 is 5.32 Å². The van der Waals surface area contributed by atoms with Crippen LogP contribution in [0, 0.1) is 18.6 Å². The van der Waals surface area contributed by atoms with Gasteiger partial charge in [0, 0.05) is 27.6 Å². The van der Waals surface area contributed by atoms with E-state index in [1.54, 1.807) is 6.92 Å². The highest BCUT2D eigenvalue weighted by atomic mass is 32.2. The maximum Gasteiger partial charge on any atom is 0.133 e. The van der Waals surface area contributed by atoms with E-state index < -0.39 is 11.6 Å². The molecule has 0 spiro atoms. The van der Waals surface area contributed by atoms with Crippen LogP contribution in [0.5, 0.6) is 0 Å². The Balaban J connectivity index is 2.37. The molecular weight excluding hydrogens is 308 g/mol. The average Bonchev–Trinajstić information content (AvgIpc) is 2.47. The molecule has 3 unspecified atom stereocenters. The van der Waals surface area contributed by atoms with Gasteiger partial charge in [-0.3, -0.25) is 0 Å². The van der Waals surface area contributed by atoms with Gasteiger partial charge in [0.25, 0.3) is 0 Å². The van der Waals surface area contributed by atoms with Crippen LogP contribution in [-0.4, -0.2) is 28.6 Å². The molecule has 1 aliphatic heterocycles. The lowest BCUT2D eigenvalue weighted by Gasteiger charge is -2.35. The molecule has 1 fully saturated rings. The van der Waals surface area contributed by atoms with E-state index in [0.717, 1.165) is 24.5 Å². The molecule has 0 radical (unpaired) electrons. The number of nitrogens with one attached hydrogen (secondary N) is 1. The van der Waals surface area contributed by atoms with E-state index >= 15 is 0 Å². The fourth-order valence-corrected chi connectivity index (χ4v) is 5.59. The zero-order chi connectivity index (χ0) is 15.4. The van der Waals surface area contributed by atoms with Crippen molar-refractivity contribution in [2.24, 2.45) is 0 Å². The Hall–Kier alpha value is -0.260. The van der Waals surface area contributed by atoms with E-state index in [-0.39, 0.29) is 16.9 Å². The molecule has 3 atom stereocenters. The van der Waals surface area contributed by atoms with E-state index in [1.807, 2.05) is 23.5 Å². The molecule has 1 nitrogen and oxygen atoms in total. The summed E-state index contributed by atoms with van der Waals surface area (Å²) in [5.41, 5.74) is 0.728. The molecular formula is C16H23F2NS2. The van der Waals surface area contributed by atoms with Crippen molar-refractivity contribution in [2.45, 2.75) is 43.7 Å². The van der Waals surface area contributed by atoms with Crippen LogP contribution in [0.4, 0.5) is 8.78 Å². The predicted molar refractivity (Wildman–Crippen MR) is 90.3 cm³/mol. The van der Waals surface area contributed by atoms with Crippen molar-refractivity contribution in [3.05, 3.63) is 34.9 Å². The van der Waals surface area contributed by atoms with E-state index in [1.165, 1.54) is 12.1 Å². The molecule has 0 saturated carbocycles. The Morgan fingerprint density at radius 3 is 2.67 bits per heavy atom. The van der Waals surface area contributed by atoms with Crippen molar-refractivity contribution >= 4 is 23.5 Å². The van der Waals surface area contributed by atoms with Crippen LogP contribution in [0.2, 0.25) is 0 Å². The number of halogens is 2. The molecule has 1 N–H and O–H groups in total. The van der Waals surface area contributed by atoms with Gasteiger partial charge in [0.2, 0.25) is 0 Å². The number of hydrogen-bond acceptors (Lipinski definition) is 3. The summed E-state index contributed by atoms with van der Waals surface area (Å²) in [7, 11) is 0. The van der Waals surface area contributed by atoms with Gasteiger partial charge in [0.1, 0.15) is 11.6 Å². The summed E-state index contributed by atoms with van der Waals surface area (Å²) in [5, 5.41) is 3.96. The summed E-state index contributed by atoms with van der Waals surface area (Å²) >= 11 is 3.72. The van der Waals surface area contributed by atoms with Crippen LogP contribution >= 0.6 is 23.5 Å². The lowest BCUT2D eigenvalue weighted by atomic mass is 9.98. The highest BCUT2D eigenvalue weighted by molar-refractivity contribution is 8.07. The smallest absolute Gasteiger partial charge is 0.133 e. The van der Waals surface area contributed by atoms with Crippen molar-refractivity contribution in [3.63, 3.8) is 0 Å². The molecule has 118 valence electrons. The van der Waals surface area contributed by atoms with Crippen LogP contribution in [0.15, 0.2) is 12.1 Å². The molecule has 1 aromatic rings. The third-order valence-electron chi connectivity index (χ3n) is 3.81. The second kappa shape index (κ2) is 7.84. The Labute approximate surface area is 134 Å². The van der Waals surface area contributed by atoms with E-state index in [0.29, 0.717) is 10.8 Å². The summed E-state index contributed by atoms with van der Waals surface area (Å²) in [6.45, 7) is 6.69. The second-order valence-corrected chi connectivity index (χ2v) is 8.21. The van der Waals surface area contributed by atoms with E-state index in [4.69, 9.17) is 0 Å². The summed E-state index contributed by atoms with van der Waals surface area (Å²) in [4.78, 5) is 0. The minimum Gasteiger partial charge on any atom is -0.309 e. The Morgan fingerprint density at radius 2 is 2.00 bits per heavy atom. The second-order valence-electron chi connectivity index (χ2n) is 5.44. The number of thioether (sulfide) groups is 2. The lowest BCUT2D eigenvalue weighted by molar-refractivity contribution is 0.451. The zero-order valence-corrected chi connectivity index (χ0v) is 14.4. The highest BCUT2D eigenvalue weighted by Crippen LogP contribution is 2.40. The number of rotatable bonds is 5. The van der Waals surface area contributed by atoms with Crippen LogP contribution in [0.1, 0.15) is 37.4 Å². The molecule has 0 amide bonds. The van der Waals surface area contributed by atoms with Gasteiger partial charge in [-0.05, 0) is 31.5 Å². The topological polar surface area (TPSA) is 12.0 Å². The minimum absolute atomic E-state index is 0.195. The quantitative estimate of drug-likeness (QED) is 0.850. The maximum atomic E-state index is 14.5. The third-order valence-corrected chi connectivity index (χ3v) is 7.01. The van der Waals surface area contributed by atoms with Crippen molar-refractivity contribution in [1.82, 2.24) is 5.32 Å². The van der Waals surface area contributed by atoms with Crippen LogP contribution in [-0.2, 0) is 0 Å². The first-order valence-electron chi connectivity index (χ1n) is 7.47. The van der Waals surface area contributed by atoms with Crippen molar-refractivity contribution < 1.29 is 8.78 Å². The molecule has 0 aromatic heterocycles. The van der Waals surface area contributed by atoms with Gasteiger partial charge in [-0.25, -0.2) is 8.78 Å². The summed E-state index contributed by atoms with van der Waals surface area (Å²) in [5.74, 6) is 1.32. The average molecular weight is 331 g/mol. The molecule has 0 bridgehead atoms. The molecule has 1 aromatic carbocycles. The van der Waals surface area contributed by atoms with Crippen molar-refractivity contribution in [2.75, 3.05) is 18.1 Å². The lowest BCUT2D eigenvalue weighted by Crippen LogP contribution is -2.39. The van der Waals surface area contributed by atoms with E-state index in [2.05, 4.69) is 19.2 Å². The first-order valence-corrected chi connectivity index (χ1v) is 9.57. The van der Waals surface area contributed by atoms with Gasteiger partial charge in [0.15, 0.2) is 0 Å². The van der Waals surface area contributed by atoms with E-state index in [9.17, 15) is 8.78 Å². The zero-order valence-electron chi connectivity index (χ0n) is 12.8. The standard InChI is InChI=1S/C16H23F2NS2/c1-4-7-19-15(16-11(3)20-8-9-21-16)13-12(17)6-5-10(2)14(13)18/h5-6,11,15-16,19H,4,7-9H2,1-3H3. The maximum absolute atomic E-state index is 14.5. The first-order chi connectivity index (χ1) is 10.1. The largest absolute Gasteiger partial charge is 0.309 e. The summed E-state index contributed by atoms with van der Waals surface area (Å²) < 4.78 is 28.8. The third kappa shape index (κ3) is 3.93. The first kappa shape index (κ1) is 17.1. The van der Waals surface area contributed by atoms with Crippen LogP contribution in [0.25, 0.3) is 0 Å². The van der Waals surface area contributed by atoms with Crippen molar-refractivity contribution in [3.8, 4) is 0 Å². The van der Waals surface area contributed by atoms with Gasteiger partial charge in [-0.2, -0.15) is 23.5 Å². The van der Waals surface area contributed by atoms with Gasteiger partial charge in [-0.1, -0.05) is 19.9 Å². The predicted octanol–water partition coefficient (Wildman–Crippen LogP) is 4.55. The normalized spacial score (nSPS) is 24.0. The van der Waals surface area contributed by atoms with Gasteiger partial charge < -0.3 is 5.32 Å². The molecule has 1 aliphatic rings. The minimum atomic E-state index is -0.435. The fraction of sp³-hybridized carbons (Fsp3) is 0.625. The molecule has 1 saturated heterocycles. The summed E-state index contributed by atoms with van der Waals surface area (Å²) in [6, 6.07) is 2.63. The molecule has 2 rings (SSSR count). The van der Waals surface area contributed by atoms with Gasteiger partial charge in [-0.15, -0.1) is 0 Å². The highest BCUT2D eigenvalue weighted by Gasteiger charge is 2.34. The monoisotopic (exact) mass is 331 g/mol. The Kier molecular flexibility index (Phi) is 6.38. The number of aryl methyl sites for hydroxylation is 1. The van der Waals surface area contributed by atoms with Gasteiger partial charge in [0.05, 0.1) is 6.04 Å². The molecule has 0 aliphatic carbocycles. The Bertz CT molecular complexity index is 482. The van der Waals surface area contributed by atoms with Crippen molar-refractivity contribution in [1.29, 1.82) is 0 Å². The van der Waals surface area contributed by atoms with Crippen LogP contribution in [0.3, 0.4) is 0 Å².